The van der Waals surface area contributed by atoms with Gasteiger partial charge in [-0.2, -0.15) is 0 Å². The number of hydrogen-bond donors (Lipinski definition) is 0. The van der Waals surface area contributed by atoms with Crippen LogP contribution in [0.5, 0.6) is 0 Å². The first kappa shape index (κ1) is 24.5. The Labute approximate surface area is 195 Å². The summed E-state index contributed by atoms with van der Waals surface area (Å²) in [7, 11) is 0. The molecule has 0 saturated carbocycles. The van der Waals surface area contributed by atoms with Crippen LogP contribution in [-0.2, 0) is 6.54 Å². The highest BCUT2D eigenvalue weighted by molar-refractivity contribution is 5.80. The van der Waals surface area contributed by atoms with Gasteiger partial charge in [0.25, 0.3) is 0 Å². The fourth-order valence-corrected chi connectivity index (χ4v) is 4.62. The molecule has 3 nitrogen and oxygen atoms in total. The molecule has 0 fully saturated rings. The summed E-state index contributed by atoms with van der Waals surface area (Å²) < 4.78 is 2.37. The molecule has 3 heteroatoms. The van der Waals surface area contributed by atoms with Gasteiger partial charge in [0.15, 0.2) is 5.82 Å². The number of nitrogens with zero attached hydrogens (tertiary/aromatic N) is 3. The predicted molar refractivity (Wildman–Crippen MR) is 138 cm³/mol. The summed E-state index contributed by atoms with van der Waals surface area (Å²) in [5.41, 5.74) is 4.49. The van der Waals surface area contributed by atoms with Crippen molar-refractivity contribution in [2.24, 2.45) is 0 Å². The molecule has 3 aromatic rings. The Bertz CT molecular complexity index is 912. The van der Waals surface area contributed by atoms with Crippen molar-refractivity contribution in [3.63, 3.8) is 0 Å². The summed E-state index contributed by atoms with van der Waals surface area (Å²) >= 11 is 0. The van der Waals surface area contributed by atoms with Crippen molar-refractivity contribution >= 4 is 11.0 Å². The van der Waals surface area contributed by atoms with Gasteiger partial charge in [-0.3, -0.25) is 4.98 Å². The lowest BCUT2D eigenvalue weighted by atomic mass is 10.0. The monoisotopic (exact) mass is 433 g/mol. The molecule has 2 heterocycles. The van der Waals surface area contributed by atoms with Gasteiger partial charge in [-0.1, -0.05) is 103 Å². The fourth-order valence-electron chi connectivity index (χ4n) is 4.62. The van der Waals surface area contributed by atoms with Crippen LogP contribution < -0.4 is 0 Å². The van der Waals surface area contributed by atoms with Crippen LogP contribution >= 0.6 is 0 Å². The molecule has 174 valence electrons. The standard InChI is InChI=1S/C29H43N3/c1-3-4-5-6-7-8-9-10-11-12-13-14-15-18-23-32-28-20-17-16-19-26(28)31-29(32)27-24-25(2)21-22-30-27/h16-17,19-22,24H,3-15,18,23H2,1-2H3. The Morgan fingerprint density at radius 2 is 1.31 bits per heavy atom. The molecule has 0 radical (unpaired) electrons. The highest BCUT2D eigenvalue weighted by Crippen LogP contribution is 2.25. The topological polar surface area (TPSA) is 30.7 Å². The summed E-state index contributed by atoms with van der Waals surface area (Å²) in [5, 5.41) is 0. The van der Waals surface area contributed by atoms with Gasteiger partial charge >= 0.3 is 0 Å². The molecular formula is C29H43N3. The summed E-state index contributed by atoms with van der Waals surface area (Å²) in [6, 6.07) is 12.7. The average molecular weight is 434 g/mol. The van der Waals surface area contributed by atoms with Crippen LogP contribution in [0, 0.1) is 6.92 Å². The summed E-state index contributed by atoms with van der Waals surface area (Å²) in [4.78, 5) is 9.51. The van der Waals surface area contributed by atoms with E-state index in [1.807, 2.05) is 12.3 Å². The van der Waals surface area contributed by atoms with Crippen molar-refractivity contribution in [2.45, 2.75) is 110 Å². The van der Waals surface area contributed by atoms with Crippen molar-refractivity contribution in [1.82, 2.24) is 14.5 Å². The second-order valence-electron chi connectivity index (χ2n) is 9.39. The van der Waals surface area contributed by atoms with E-state index in [0.29, 0.717) is 0 Å². The number of aromatic nitrogens is 3. The number of pyridine rings is 1. The van der Waals surface area contributed by atoms with Crippen LogP contribution in [0.15, 0.2) is 42.6 Å². The third kappa shape index (κ3) is 7.76. The van der Waals surface area contributed by atoms with Crippen LogP contribution in [0.25, 0.3) is 22.6 Å². The molecule has 0 aliphatic carbocycles. The quantitative estimate of drug-likeness (QED) is 0.211. The molecule has 0 aliphatic rings. The van der Waals surface area contributed by atoms with Gasteiger partial charge in [0, 0.05) is 12.7 Å². The number of benzene rings is 1. The zero-order valence-corrected chi connectivity index (χ0v) is 20.5. The second-order valence-corrected chi connectivity index (χ2v) is 9.39. The maximum Gasteiger partial charge on any atom is 0.159 e. The lowest BCUT2D eigenvalue weighted by Crippen LogP contribution is -2.02. The lowest BCUT2D eigenvalue weighted by Gasteiger charge is -2.09. The van der Waals surface area contributed by atoms with E-state index in [0.717, 1.165) is 23.6 Å². The Hall–Kier alpha value is -2.16. The predicted octanol–water partition coefficient (Wildman–Crippen LogP) is 8.89. The third-order valence-corrected chi connectivity index (χ3v) is 6.53. The lowest BCUT2D eigenvalue weighted by molar-refractivity contribution is 0.526. The Morgan fingerprint density at radius 1 is 0.719 bits per heavy atom. The van der Waals surface area contributed by atoms with E-state index in [2.05, 4.69) is 53.7 Å². The third-order valence-electron chi connectivity index (χ3n) is 6.53. The van der Waals surface area contributed by atoms with Crippen molar-refractivity contribution in [1.29, 1.82) is 0 Å². The van der Waals surface area contributed by atoms with Crippen LogP contribution in [0.3, 0.4) is 0 Å². The number of para-hydroxylation sites is 2. The van der Waals surface area contributed by atoms with E-state index in [-0.39, 0.29) is 0 Å². The SMILES string of the molecule is CCCCCCCCCCCCCCCCn1c(-c2cc(C)ccn2)nc2ccccc21. The molecule has 1 aromatic carbocycles. The molecule has 0 unspecified atom stereocenters. The van der Waals surface area contributed by atoms with E-state index in [1.54, 1.807) is 0 Å². The molecular weight excluding hydrogens is 390 g/mol. The van der Waals surface area contributed by atoms with E-state index >= 15 is 0 Å². The number of hydrogen-bond acceptors (Lipinski definition) is 2. The summed E-state index contributed by atoms with van der Waals surface area (Å²) in [6.07, 6.45) is 21.4. The van der Waals surface area contributed by atoms with Crippen molar-refractivity contribution < 1.29 is 0 Å². The van der Waals surface area contributed by atoms with Crippen LogP contribution in [0.2, 0.25) is 0 Å². The maximum atomic E-state index is 4.91. The molecule has 0 atom stereocenters. The van der Waals surface area contributed by atoms with Gasteiger partial charge in [-0.15, -0.1) is 0 Å². The van der Waals surface area contributed by atoms with Crippen molar-refractivity contribution in [2.75, 3.05) is 0 Å². The molecule has 0 aliphatic heterocycles. The van der Waals surface area contributed by atoms with Gasteiger partial charge < -0.3 is 4.57 Å². The highest BCUT2D eigenvalue weighted by Gasteiger charge is 2.13. The van der Waals surface area contributed by atoms with E-state index in [9.17, 15) is 0 Å². The van der Waals surface area contributed by atoms with Crippen LogP contribution in [-0.4, -0.2) is 14.5 Å². The fraction of sp³-hybridized carbons (Fsp3) is 0.586. The Morgan fingerprint density at radius 3 is 1.94 bits per heavy atom. The van der Waals surface area contributed by atoms with E-state index in [1.165, 1.54) is 101 Å². The summed E-state index contributed by atoms with van der Waals surface area (Å²) in [6.45, 7) is 5.43. The first-order valence-corrected chi connectivity index (χ1v) is 13.2. The smallest absolute Gasteiger partial charge is 0.159 e. The molecule has 0 bridgehead atoms. The van der Waals surface area contributed by atoms with Gasteiger partial charge in [0.2, 0.25) is 0 Å². The molecule has 3 rings (SSSR count). The van der Waals surface area contributed by atoms with Gasteiger partial charge in [0.1, 0.15) is 5.69 Å². The zero-order chi connectivity index (χ0) is 22.4. The van der Waals surface area contributed by atoms with Gasteiger partial charge in [-0.05, 0) is 43.2 Å². The first-order chi connectivity index (χ1) is 15.8. The van der Waals surface area contributed by atoms with Crippen molar-refractivity contribution in [3.05, 3.63) is 48.2 Å². The van der Waals surface area contributed by atoms with Gasteiger partial charge in [-0.25, -0.2) is 4.98 Å². The number of fused-ring (bicyclic) bond motifs is 1. The van der Waals surface area contributed by atoms with Crippen LogP contribution in [0.1, 0.15) is 102 Å². The second kappa shape index (κ2) is 14.1. The normalized spacial score (nSPS) is 11.4. The minimum absolute atomic E-state index is 0.978. The number of rotatable bonds is 16. The highest BCUT2D eigenvalue weighted by atomic mass is 15.1. The molecule has 0 amide bonds. The van der Waals surface area contributed by atoms with Crippen LogP contribution in [0.4, 0.5) is 0 Å². The Balaban J connectivity index is 1.36. The number of unbranched alkanes of at least 4 members (excludes halogenated alkanes) is 13. The Kier molecular flexibility index (Phi) is 10.8. The molecule has 0 saturated heterocycles. The minimum Gasteiger partial charge on any atom is -0.323 e. The van der Waals surface area contributed by atoms with E-state index < -0.39 is 0 Å². The largest absolute Gasteiger partial charge is 0.323 e. The molecule has 2 aromatic heterocycles. The number of imidazole rings is 1. The number of aryl methyl sites for hydroxylation is 2. The first-order valence-electron chi connectivity index (χ1n) is 13.2. The molecule has 32 heavy (non-hydrogen) atoms. The minimum atomic E-state index is 0.978. The average Bonchev–Trinajstić information content (AvgIpc) is 3.18. The molecule has 0 spiro atoms. The van der Waals surface area contributed by atoms with Crippen molar-refractivity contribution in [3.8, 4) is 11.5 Å². The van der Waals surface area contributed by atoms with E-state index in [4.69, 9.17) is 4.98 Å². The maximum absolute atomic E-state index is 4.91. The zero-order valence-electron chi connectivity index (χ0n) is 20.5. The summed E-state index contributed by atoms with van der Waals surface area (Å²) in [5.74, 6) is 1.00. The molecule has 0 N–H and O–H groups in total. The van der Waals surface area contributed by atoms with Gasteiger partial charge in [0.05, 0.1) is 11.0 Å².